The summed E-state index contributed by atoms with van der Waals surface area (Å²) in [6.45, 7) is 2.49. The van der Waals surface area contributed by atoms with Gasteiger partial charge in [-0.15, -0.1) is 0 Å². The molecule has 1 N–H and O–H groups in total. The van der Waals surface area contributed by atoms with E-state index in [9.17, 15) is 22.4 Å². The molecule has 2 amide bonds. The topological polar surface area (TPSA) is 86.8 Å². The third-order valence-electron chi connectivity index (χ3n) is 6.07. The van der Waals surface area contributed by atoms with E-state index in [0.717, 1.165) is 17.7 Å². The van der Waals surface area contributed by atoms with Crippen molar-refractivity contribution < 1.29 is 22.4 Å². The van der Waals surface area contributed by atoms with Crippen molar-refractivity contribution in [1.82, 2.24) is 4.31 Å². The number of rotatable bonds is 4. The highest BCUT2D eigenvalue weighted by Crippen LogP contribution is 2.32. The summed E-state index contributed by atoms with van der Waals surface area (Å²) >= 11 is 0. The van der Waals surface area contributed by atoms with Crippen molar-refractivity contribution in [2.75, 3.05) is 29.9 Å². The fourth-order valence-corrected chi connectivity index (χ4v) is 5.96. The number of benzene rings is 2. The van der Waals surface area contributed by atoms with E-state index in [-0.39, 0.29) is 23.0 Å². The summed E-state index contributed by atoms with van der Waals surface area (Å²) in [5.41, 5.74) is 1.67. The van der Waals surface area contributed by atoms with Crippen LogP contribution >= 0.6 is 0 Å². The summed E-state index contributed by atoms with van der Waals surface area (Å²) in [6, 6.07) is 10.8. The first-order valence-electron chi connectivity index (χ1n) is 10.7. The Morgan fingerprint density at radius 2 is 1.88 bits per heavy atom. The van der Waals surface area contributed by atoms with Gasteiger partial charge in [-0.25, -0.2) is 12.8 Å². The van der Waals surface area contributed by atoms with Gasteiger partial charge < -0.3 is 10.2 Å². The highest BCUT2D eigenvalue weighted by Gasteiger charge is 2.34. The standard InChI is InChI=1S/C23H26FN3O4S/c1-16(28)27-13-5-6-17-14-19(10-11-22(17)27)32(30,31)26-12-4-7-18(15-26)23(29)25-21-9-3-2-8-20(21)24/h2-3,8-11,14,18H,4-7,12-13,15H2,1H3,(H,25,29). The SMILES string of the molecule is CC(=O)N1CCCc2cc(S(=O)(=O)N3CCCC(C(=O)Nc4ccccc4F)C3)ccc21. The number of hydrogen-bond acceptors (Lipinski definition) is 4. The molecule has 2 aromatic carbocycles. The van der Waals surface area contributed by atoms with Crippen molar-refractivity contribution in [2.45, 2.75) is 37.5 Å². The number of halogens is 1. The van der Waals surface area contributed by atoms with Gasteiger partial charge in [0.15, 0.2) is 0 Å². The lowest BCUT2D eigenvalue weighted by Gasteiger charge is -2.32. The second kappa shape index (κ2) is 8.99. The Hall–Kier alpha value is -2.78. The number of anilines is 2. The molecule has 0 bridgehead atoms. The van der Waals surface area contributed by atoms with Crippen molar-refractivity contribution in [1.29, 1.82) is 0 Å². The third-order valence-corrected chi connectivity index (χ3v) is 7.94. The predicted octanol–water partition coefficient (Wildman–Crippen LogP) is 3.16. The smallest absolute Gasteiger partial charge is 0.243 e. The van der Waals surface area contributed by atoms with Gasteiger partial charge in [0.05, 0.1) is 16.5 Å². The Balaban J connectivity index is 1.52. The van der Waals surface area contributed by atoms with Crippen LogP contribution in [-0.2, 0) is 26.0 Å². The molecule has 7 nitrogen and oxygen atoms in total. The van der Waals surface area contributed by atoms with E-state index < -0.39 is 27.7 Å². The highest BCUT2D eigenvalue weighted by molar-refractivity contribution is 7.89. The molecule has 0 spiro atoms. The fraction of sp³-hybridized carbons (Fsp3) is 0.391. The maximum Gasteiger partial charge on any atom is 0.243 e. The molecule has 0 aliphatic carbocycles. The summed E-state index contributed by atoms with van der Waals surface area (Å²) in [5.74, 6) is -1.56. The molecule has 4 rings (SSSR count). The van der Waals surface area contributed by atoms with Crippen LogP contribution in [-0.4, -0.2) is 44.2 Å². The molecular formula is C23H26FN3O4S. The first-order chi connectivity index (χ1) is 15.3. The summed E-state index contributed by atoms with van der Waals surface area (Å²) in [4.78, 5) is 26.4. The van der Waals surface area contributed by atoms with Gasteiger partial charge in [-0.3, -0.25) is 9.59 Å². The number of nitrogens with one attached hydrogen (secondary N) is 1. The molecule has 9 heteroatoms. The Morgan fingerprint density at radius 1 is 1.09 bits per heavy atom. The van der Waals surface area contributed by atoms with Crippen LogP contribution in [0.15, 0.2) is 47.4 Å². The number of fused-ring (bicyclic) bond motifs is 1. The van der Waals surface area contributed by atoms with Crippen molar-refractivity contribution >= 4 is 33.2 Å². The first-order valence-corrected chi connectivity index (χ1v) is 12.2. The Kier molecular flexibility index (Phi) is 6.30. The zero-order chi connectivity index (χ0) is 22.9. The number of nitrogens with zero attached hydrogens (tertiary/aromatic N) is 2. The molecule has 2 heterocycles. The number of carbonyl (C=O) groups excluding carboxylic acids is 2. The molecular weight excluding hydrogens is 433 g/mol. The average Bonchev–Trinajstić information content (AvgIpc) is 2.79. The van der Waals surface area contributed by atoms with Crippen LogP contribution < -0.4 is 10.2 Å². The van der Waals surface area contributed by atoms with E-state index >= 15 is 0 Å². The molecule has 1 fully saturated rings. The summed E-state index contributed by atoms with van der Waals surface area (Å²) in [7, 11) is -3.80. The lowest BCUT2D eigenvalue weighted by Crippen LogP contribution is -2.43. The zero-order valence-corrected chi connectivity index (χ0v) is 18.7. The number of aryl methyl sites for hydroxylation is 1. The summed E-state index contributed by atoms with van der Waals surface area (Å²) < 4.78 is 41.8. The maximum absolute atomic E-state index is 13.9. The molecule has 32 heavy (non-hydrogen) atoms. The fourth-order valence-electron chi connectivity index (χ4n) is 4.38. The van der Waals surface area contributed by atoms with Crippen LogP contribution in [0.1, 0.15) is 31.7 Å². The Bertz CT molecular complexity index is 1150. The number of sulfonamides is 1. The number of carbonyl (C=O) groups is 2. The largest absolute Gasteiger partial charge is 0.323 e. The summed E-state index contributed by atoms with van der Waals surface area (Å²) in [5, 5.41) is 2.58. The third kappa shape index (κ3) is 4.40. The minimum atomic E-state index is -3.80. The first kappa shape index (κ1) is 22.4. The van der Waals surface area contributed by atoms with E-state index in [2.05, 4.69) is 5.32 Å². The molecule has 1 atom stereocenters. The molecule has 2 aliphatic rings. The van der Waals surface area contributed by atoms with E-state index in [1.165, 1.54) is 35.5 Å². The quantitative estimate of drug-likeness (QED) is 0.761. The van der Waals surface area contributed by atoms with Gasteiger partial charge in [0.1, 0.15) is 5.82 Å². The van der Waals surface area contributed by atoms with Crippen LogP contribution in [0.4, 0.5) is 15.8 Å². The number of hydrogen-bond donors (Lipinski definition) is 1. The second-order valence-corrected chi connectivity index (χ2v) is 10.2. The van der Waals surface area contributed by atoms with Crippen LogP contribution in [0, 0.1) is 11.7 Å². The predicted molar refractivity (Wildman–Crippen MR) is 119 cm³/mol. The van der Waals surface area contributed by atoms with Gasteiger partial charge in [-0.1, -0.05) is 12.1 Å². The van der Waals surface area contributed by atoms with Crippen molar-refractivity contribution in [3.63, 3.8) is 0 Å². The van der Waals surface area contributed by atoms with Gasteiger partial charge in [-0.2, -0.15) is 4.31 Å². The van der Waals surface area contributed by atoms with Gasteiger partial charge in [0, 0.05) is 32.2 Å². The van der Waals surface area contributed by atoms with Crippen molar-refractivity contribution in [2.24, 2.45) is 5.92 Å². The molecule has 2 aliphatic heterocycles. The molecule has 0 aromatic heterocycles. The lowest BCUT2D eigenvalue weighted by atomic mass is 9.98. The van der Waals surface area contributed by atoms with E-state index in [1.807, 2.05) is 0 Å². The second-order valence-electron chi connectivity index (χ2n) is 8.24. The lowest BCUT2D eigenvalue weighted by molar-refractivity contribution is -0.121. The van der Waals surface area contributed by atoms with Crippen LogP contribution in [0.25, 0.3) is 0 Å². The Morgan fingerprint density at radius 3 is 2.62 bits per heavy atom. The van der Waals surface area contributed by atoms with E-state index in [4.69, 9.17) is 0 Å². The maximum atomic E-state index is 13.9. The molecule has 1 saturated heterocycles. The van der Waals surface area contributed by atoms with Gasteiger partial charge >= 0.3 is 0 Å². The van der Waals surface area contributed by atoms with Crippen LogP contribution in [0.2, 0.25) is 0 Å². The van der Waals surface area contributed by atoms with Crippen LogP contribution in [0.5, 0.6) is 0 Å². The van der Waals surface area contributed by atoms with Gasteiger partial charge in [0.25, 0.3) is 0 Å². The van der Waals surface area contributed by atoms with E-state index in [0.29, 0.717) is 32.4 Å². The molecule has 2 aromatic rings. The monoisotopic (exact) mass is 459 g/mol. The van der Waals surface area contributed by atoms with Gasteiger partial charge in [0.2, 0.25) is 21.8 Å². The minimum absolute atomic E-state index is 0.0409. The highest BCUT2D eigenvalue weighted by atomic mass is 32.2. The minimum Gasteiger partial charge on any atom is -0.323 e. The molecule has 0 radical (unpaired) electrons. The molecule has 1 unspecified atom stereocenters. The van der Waals surface area contributed by atoms with Crippen molar-refractivity contribution in [3.8, 4) is 0 Å². The molecule has 170 valence electrons. The zero-order valence-electron chi connectivity index (χ0n) is 17.9. The van der Waals surface area contributed by atoms with Crippen LogP contribution in [0.3, 0.4) is 0 Å². The summed E-state index contributed by atoms with van der Waals surface area (Å²) in [6.07, 6.45) is 2.55. The van der Waals surface area contributed by atoms with Gasteiger partial charge in [-0.05, 0) is 61.6 Å². The normalized spacial score (nSPS) is 19.3. The average molecular weight is 460 g/mol. The number of para-hydroxylation sites is 1. The van der Waals surface area contributed by atoms with Crippen molar-refractivity contribution in [3.05, 3.63) is 53.8 Å². The number of piperidine rings is 1. The number of amides is 2. The Labute approximate surface area is 187 Å². The molecule has 0 saturated carbocycles. The van der Waals surface area contributed by atoms with E-state index in [1.54, 1.807) is 23.1 Å².